The fourth-order valence-electron chi connectivity index (χ4n) is 4.23. The number of rotatable bonds is 6. The summed E-state index contributed by atoms with van der Waals surface area (Å²) in [5, 5.41) is 17.0. The molecule has 2 amide bonds. The van der Waals surface area contributed by atoms with Crippen LogP contribution in [0.2, 0.25) is 0 Å². The fraction of sp³-hybridized carbons (Fsp3) is 0.296. The van der Waals surface area contributed by atoms with Crippen molar-refractivity contribution in [2.24, 2.45) is 0 Å². The summed E-state index contributed by atoms with van der Waals surface area (Å²) in [4.78, 5) is 36.4. The predicted molar refractivity (Wildman–Crippen MR) is 147 cm³/mol. The van der Waals surface area contributed by atoms with E-state index in [1.54, 1.807) is 22.8 Å². The molecule has 0 atom stereocenters. The number of likely N-dealkylation sites (N-methyl/N-ethyl adjacent to an activating group) is 1. The van der Waals surface area contributed by atoms with E-state index in [2.05, 4.69) is 31.3 Å². The molecule has 11 heteroatoms. The monoisotopic (exact) mass is 513 g/mol. The highest BCUT2D eigenvalue weighted by molar-refractivity contribution is 5.95. The molecule has 11 nitrogen and oxygen atoms in total. The lowest BCUT2D eigenvalue weighted by Crippen LogP contribution is -2.31. The van der Waals surface area contributed by atoms with Gasteiger partial charge in [-0.1, -0.05) is 12.1 Å². The summed E-state index contributed by atoms with van der Waals surface area (Å²) in [5.74, 6) is 0.708. The number of fused-ring (bicyclic) bond motifs is 3. The van der Waals surface area contributed by atoms with Gasteiger partial charge in [0, 0.05) is 47.7 Å². The van der Waals surface area contributed by atoms with Crippen molar-refractivity contribution in [2.45, 2.75) is 25.7 Å². The third-order valence-corrected chi connectivity index (χ3v) is 6.17. The summed E-state index contributed by atoms with van der Waals surface area (Å²) in [7, 11) is 3.93. The van der Waals surface area contributed by atoms with Crippen molar-refractivity contribution < 1.29 is 9.59 Å². The lowest BCUT2D eigenvalue weighted by atomic mass is 10.1. The Morgan fingerprint density at radius 3 is 2.66 bits per heavy atom. The molecular weight excluding hydrogens is 482 g/mol. The topological polar surface area (TPSA) is 129 Å². The second-order valence-electron chi connectivity index (χ2n) is 9.50. The van der Waals surface area contributed by atoms with Crippen molar-refractivity contribution in [3.05, 3.63) is 65.9 Å². The number of carbonyl (C=O) groups is 2. The van der Waals surface area contributed by atoms with Crippen LogP contribution < -0.4 is 21.3 Å². The first-order chi connectivity index (χ1) is 18.4. The van der Waals surface area contributed by atoms with Gasteiger partial charge in [-0.05, 0) is 69.8 Å². The third-order valence-electron chi connectivity index (χ3n) is 6.17. The van der Waals surface area contributed by atoms with E-state index in [-0.39, 0.29) is 11.8 Å². The quantitative estimate of drug-likeness (QED) is 0.308. The molecule has 0 unspecified atom stereocenters. The number of anilines is 5. The first-order valence-corrected chi connectivity index (χ1v) is 12.7. The molecule has 0 fully saturated rings. The maximum absolute atomic E-state index is 12.6. The zero-order chi connectivity index (χ0) is 26.5. The van der Waals surface area contributed by atoms with Crippen LogP contribution in [0.3, 0.4) is 0 Å². The van der Waals surface area contributed by atoms with Crippen LogP contribution in [0, 0.1) is 0 Å². The van der Waals surface area contributed by atoms with E-state index in [1.807, 2.05) is 55.4 Å². The molecule has 1 aliphatic rings. The van der Waals surface area contributed by atoms with E-state index in [0.29, 0.717) is 47.4 Å². The average Bonchev–Trinajstić information content (AvgIpc) is 3.29. The zero-order valence-electron chi connectivity index (χ0n) is 21.5. The zero-order valence-corrected chi connectivity index (χ0v) is 21.5. The highest BCUT2D eigenvalue weighted by Gasteiger charge is 2.16. The van der Waals surface area contributed by atoms with E-state index in [4.69, 9.17) is 4.98 Å². The largest absolute Gasteiger partial charge is 0.351 e. The molecule has 0 radical (unpaired) electrons. The van der Waals surface area contributed by atoms with E-state index in [1.165, 1.54) is 0 Å². The van der Waals surface area contributed by atoms with Crippen LogP contribution in [0.5, 0.6) is 0 Å². The number of aryl methyl sites for hydroxylation is 1. The number of hydrogen-bond acceptors (Lipinski definition) is 8. The van der Waals surface area contributed by atoms with Crippen molar-refractivity contribution in [2.75, 3.05) is 43.1 Å². The molecule has 4 N–H and O–H groups in total. The number of hydrogen-bond donors (Lipinski definition) is 4. The molecule has 0 spiro atoms. The molecule has 5 rings (SSSR count). The maximum Gasteiger partial charge on any atom is 0.251 e. The number of nitrogens with zero attached hydrogens (tertiary/aromatic N) is 5. The highest BCUT2D eigenvalue weighted by atomic mass is 16.2. The van der Waals surface area contributed by atoms with Gasteiger partial charge in [-0.3, -0.25) is 9.59 Å². The van der Waals surface area contributed by atoms with E-state index in [9.17, 15) is 9.59 Å². The minimum atomic E-state index is -0.138. The number of carbonyl (C=O) groups excluding carboxylic acids is 2. The molecule has 0 saturated carbocycles. The normalized spacial score (nSPS) is 13.6. The van der Waals surface area contributed by atoms with Crippen LogP contribution in [-0.2, 0) is 11.2 Å². The van der Waals surface area contributed by atoms with Gasteiger partial charge in [0.2, 0.25) is 17.8 Å². The smallest absolute Gasteiger partial charge is 0.251 e. The van der Waals surface area contributed by atoms with Gasteiger partial charge in [-0.25, -0.2) is 0 Å². The van der Waals surface area contributed by atoms with Crippen LogP contribution >= 0.6 is 0 Å². The Balaban J connectivity index is 1.46. The van der Waals surface area contributed by atoms with Crippen LogP contribution in [-0.4, -0.2) is 63.5 Å². The van der Waals surface area contributed by atoms with Gasteiger partial charge in [0.25, 0.3) is 5.91 Å². The molecule has 0 aliphatic carbocycles. The van der Waals surface area contributed by atoms with Gasteiger partial charge in [0.15, 0.2) is 5.65 Å². The Kier molecular flexibility index (Phi) is 7.45. The Morgan fingerprint density at radius 2 is 1.82 bits per heavy atom. The Hall–Kier alpha value is -4.51. The number of nitrogens with one attached hydrogen (secondary N) is 4. The Labute approximate surface area is 220 Å². The molecule has 38 heavy (non-hydrogen) atoms. The molecule has 4 bridgehead atoms. The lowest BCUT2D eigenvalue weighted by Gasteiger charge is -2.13. The first-order valence-electron chi connectivity index (χ1n) is 12.7. The second kappa shape index (κ2) is 11.3. The SMILES string of the molecule is CN(C)CCNC(=O)c1cccc(Nc2nc3nc4c(cnn24)CCCCC(=O)Nc2cccc(c2)N3)c1. The average molecular weight is 514 g/mol. The van der Waals surface area contributed by atoms with Gasteiger partial charge in [0.1, 0.15) is 0 Å². The van der Waals surface area contributed by atoms with E-state index < -0.39 is 0 Å². The standard InChI is InChI=1S/C27H31N9O2/c1-35(2)14-13-28-25(38)18-8-5-9-20(15-18)32-27-34-26-31-22-11-6-10-21(16-22)30-23(37)12-4-3-7-19-17-29-36(27)24(19)33-26/h5-6,8-11,15-17H,3-4,7,12-14H2,1-2H3,(H,28,38)(H,30,37)(H2,31,32,33,34). The summed E-state index contributed by atoms with van der Waals surface area (Å²) in [6.07, 6.45) is 4.56. The molecule has 3 heterocycles. The molecule has 196 valence electrons. The summed E-state index contributed by atoms with van der Waals surface area (Å²) in [6.45, 7) is 1.32. The lowest BCUT2D eigenvalue weighted by molar-refractivity contribution is -0.116. The Bertz CT molecular complexity index is 1460. The molecular formula is C27H31N9O2. The molecule has 0 saturated heterocycles. The molecule has 4 aromatic rings. The highest BCUT2D eigenvalue weighted by Crippen LogP contribution is 2.25. The van der Waals surface area contributed by atoms with Crippen molar-refractivity contribution in [3.63, 3.8) is 0 Å². The van der Waals surface area contributed by atoms with Crippen molar-refractivity contribution >= 4 is 46.4 Å². The van der Waals surface area contributed by atoms with Gasteiger partial charge in [-0.2, -0.15) is 19.6 Å². The fourth-order valence-corrected chi connectivity index (χ4v) is 4.23. The van der Waals surface area contributed by atoms with Crippen molar-refractivity contribution in [1.82, 2.24) is 29.8 Å². The maximum atomic E-state index is 12.6. The second-order valence-corrected chi connectivity index (χ2v) is 9.50. The summed E-state index contributed by atoms with van der Waals surface area (Å²) in [6, 6.07) is 14.7. The van der Waals surface area contributed by atoms with E-state index in [0.717, 1.165) is 37.1 Å². The Morgan fingerprint density at radius 1 is 1.03 bits per heavy atom. The van der Waals surface area contributed by atoms with Crippen LogP contribution in [0.15, 0.2) is 54.7 Å². The van der Waals surface area contributed by atoms with Crippen LogP contribution in [0.25, 0.3) is 5.65 Å². The van der Waals surface area contributed by atoms with Gasteiger partial charge in [0.05, 0.1) is 6.20 Å². The summed E-state index contributed by atoms with van der Waals surface area (Å²) in [5.41, 5.74) is 4.35. The number of benzene rings is 2. The predicted octanol–water partition coefficient (Wildman–Crippen LogP) is 3.57. The molecule has 2 aromatic heterocycles. The van der Waals surface area contributed by atoms with Crippen LogP contribution in [0.1, 0.15) is 35.2 Å². The first kappa shape index (κ1) is 25.2. The summed E-state index contributed by atoms with van der Waals surface area (Å²) < 4.78 is 1.67. The number of amides is 2. The van der Waals surface area contributed by atoms with Gasteiger partial charge < -0.3 is 26.2 Å². The van der Waals surface area contributed by atoms with E-state index >= 15 is 0 Å². The van der Waals surface area contributed by atoms with Gasteiger partial charge in [-0.15, -0.1) is 0 Å². The number of aromatic nitrogens is 4. The minimum absolute atomic E-state index is 0.00534. The molecule has 1 aliphatic heterocycles. The van der Waals surface area contributed by atoms with Crippen LogP contribution in [0.4, 0.5) is 29.0 Å². The summed E-state index contributed by atoms with van der Waals surface area (Å²) >= 11 is 0. The van der Waals surface area contributed by atoms with Crippen molar-refractivity contribution in [3.8, 4) is 0 Å². The molecule has 2 aromatic carbocycles. The third kappa shape index (κ3) is 6.06. The van der Waals surface area contributed by atoms with Gasteiger partial charge >= 0.3 is 0 Å². The minimum Gasteiger partial charge on any atom is -0.351 e. The van der Waals surface area contributed by atoms with Crippen molar-refractivity contribution in [1.29, 1.82) is 0 Å².